The highest BCUT2D eigenvalue weighted by atomic mass is 32.1. The molecular weight excluding hydrogens is 430 g/mol. The van der Waals surface area contributed by atoms with E-state index in [0.29, 0.717) is 27.5 Å². The second-order valence-corrected chi connectivity index (χ2v) is 10.3. The van der Waals surface area contributed by atoms with Gasteiger partial charge in [-0.2, -0.15) is 0 Å². The Balaban J connectivity index is 2.37. The number of anilines is 1. The number of phenols is 1. The molecule has 0 saturated carbocycles. The SMILES string of the molecule is CO/N=C/C(OC(C)=O)c1csc(NC(=O)c2cc(C(C)(C)C)c(O)c(C(C)(C)C)c2)n1. The number of aromatic nitrogens is 1. The van der Waals surface area contributed by atoms with Gasteiger partial charge in [-0.3, -0.25) is 14.9 Å². The molecule has 0 spiro atoms. The average molecular weight is 462 g/mol. The van der Waals surface area contributed by atoms with Gasteiger partial charge < -0.3 is 14.7 Å². The second kappa shape index (κ2) is 9.68. The summed E-state index contributed by atoms with van der Waals surface area (Å²) in [6.07, 6.45) is 0.482. The summed E-state index contributed by atoms with van der Waals surface area (Å²) >= 11 is 1.20. The molecule has 0 aliphatic carbocycles. The van der Waals surface area contributed by atoms with E-state index in [1.165, 1.54) is 31.6 Å². The van der Waals surface area contributed by atoms with Crippen molar-refractivity contribution in [2.45, 2.75) is 65.4 Å². The molecule has 32 heavy (non-hydrogen) atoms. The summed E-state index contributed by atoms with van der Waals surface area (Å²) in [5.41, 5.74) is 1.52. The molecule has 0 aliphatic rings. The summed E-state index contributed by atoms with van der Waals surface area (Å²) in [4.78, 5) is 33.4. The van der Waals surface area contributed by atoms with Crippen molar-refractivity contribution in [1.82, 2.24) is 4.98 Å². The molecule has 0 radical (unpaired) electrons. The molecule has 2 aromatic rings. The normalized spacial score (nSPS) is 13.1. The minimum absolute atomic E-state index is 0.208. The van der Waals surface area contributed by atoms with Crippen molar-refractivity contribution >= 4 is 34.6 Å². The van der Waals surface area contributed by atoms with Crippen molar-refractivity contribution in [3.8, 4) is 5.75 Å². The van der Waals surface area contributed by atoms with Crippen LogP contribution in [0.3, 0.4) is 0 Å². The van der Waals surface area contributed by atoms with Crippen LogP contribution in [0.5, 0.6) is 5.75 Å². The van der Waals surface area contributed by atoms with Gasteiger partial charge >= 0.3 is 5.97 Å². The molecule has 9 heteroatoms. The number of carbonyl (C=O) groups is 2. The first-order chi connectivity index (χ1) is 14.7. The average Bonchev–Trinajstić information content (AvgIpc) is 3.11. The number of nitrogens with zero attached hydrogens (tertiary/aromatic N) is 2. The number of thiazole rings is 1. The first-order valence-corrected chi connectivity index (χ1v) is 11.0. The fraction of sp³-hybridized carbons (Fsp3) is 0.478. The van der Waals surface area contributed by atoms with Gasteiger partial charge in [-0.05, 0) is 23.0 Å². The zero-order valence-electron chi connectivity index (χ0n) is 19.8. The molecule has 1 aromatic carbocycles. The number of rotatable bonds is 6. The molecule has 174 valence electrons. The van der Waals surface area contributed by atoms with Crippen LogP contribution < -0.4 is 5.32 Å². The van der Waals surface area contributed by atoms with Crippen LogP contribution >= 0.6 is 11.3 Å². The molecule has 1 atom stereocenters. The van der Waals surface area contributed by atoms with Crippen molar-refractivity contribution in [1.29, 1.82) is 0 Å². The molecule has 2 N–H and O–H groups in total. The molecule has 1 aromatic heterocycles. The Morgan fingerprint density at radius 2 is 1.72 bits per heavy atom. The van der Waals surface area contributed by atoms with E-state index in [9.17, 15) is 14.7 Å². The molecule has 0 saturated heterocycles. The number of amides is 1. The first-order valence-electron chi connectivity index (χ1n) is 10.1. The molecule has 1 heterocycles. The maximum absolute atomic E-state index is 13.1. The highest BCUT2D eigenvalue weighted by Gasteiger charge is 2.28. The smallest absolute Gasteiger partial charge is 0.303 e. The molecule has 0 bridgehead atoms. The fourth-order valence-corrected chi connectivity index (χ4v) is 3.74. The highest BCUT2D eigenvalue weighted by molar-refractivity contribution is 7.14. The molecule has 1 unspecified atom stereocenters. The lowest BCUT2D eigenvalue weighted by Gasteiger charge is -2.28. The highest BCUT2D eigenvalue weighted by Crippen LogP contribution is 2.40. The number of aromatic hydroxyl groups is 1. The van der Waals surface area contributed by atoms with Crippen LogP contribution in [0.25, 0.3) is 0 Å². The van der Waals surface area contributed by atoms with Crippen LogP contribution in [0.4, 0.5) is 5.13 Å². The van der Waals surface area contributed by atoms with Gasteiger partial charge in [0, 0.05) is 29.0 Å². The van der Waals surface area contributed by atoms with Crippen LogP contribution in [-0.4, -0.2) is 35.3 Å². The van der Waals surface area contributed by atoms with Crippen molar-refractivity contribution in [2.24, 2.45) is 5.16 Å². The van der Waals surface area contributed by atoms with Gasteiger partial charge in [-0.15, -0.1) is 11.3 Å². The topological polar surface area (TPSA) is 110 Å². The van der Waals surface area contributed by atoms with Crippen LogP contribution in [0.2, 0.25) is 0 Å². The number of nitrogens with one attached hydrogen (secondary N) is 1. The van der Waals surface area contributed by atoms with Crippen LogP contribution in [0.15, 0.2) is 22.7 Å². The van der Waals surface area contributed by atoms with Crippen molar-refractivity contribution < 1.29 is 24.3 Å². The third kappa shape index (κ3) is 6.29. The monoisotopic (exact) mass is 461 g/mol. The minimum atomic E-state index is -0.831. The third-order valence-electron chi connectivity index (χ3n) is 4.62. The predicted octanol–water partition coefficient (Wildman–Crippen LogP) is 4.93. The standard InChI is InChI=1S/C23H31N3O5S/c1-13(27)31-18(11-24-30-8)17-12-32-21(25-17)26-20(29)14-9-15(22(2,3)4)19(28)16(10-14)23(5,6)7/h9-12,18,28H,1-8H3,(H,25,26,29)/b24-11+. The van der Waals surface area contributed by atoms with Gasteiger partial charge in [-0.1, -0.05) is 46.7 Å². The van der Waals surface area contributed by atoms with Crippen LogP contribution in [0, 0.1) is 0 Å². The Labute approximate surface area is 192 Å². The molecule has 0 fully saturated rings. The van der Waals surface area contributed by atoms with Gasteiger partial charge in [0.1, 0.15) is 12.9 Å². The number of ether oxygens (including phenoxy) is 1. The van der Waals surface area contributed by atoms with E-state index in [4.69, 9.17) is 4.74 Å². The van der Waals surface area contributed by atoms with E-state index in [1.54, 1.807) is 17.5 Å². The Bertz CT molecular complexity index is 980. The Morgan fingerprint density at radius 3 is 2.19 bits per heavy atom. The predicted molar refractivity (Wildman–Crippen MR) is 126 cm³/mol. The maximum Gasteiger partial charge on any atom is 0.303 e. The van der Waals surface area contributed by atoms with E-state index in [2.05, 4.69) is 20.3 Å². The van der Waals surface area contributed by atoms with E-state index in [0.717, 1.165) is 0 Å². The summed E-state index contributed by atoms with van der Waals surface area (Å²) in [5.74, 6) is -0.638. The summed E-state index contributed by atoms with van der Waals surface area (Å²) in [6.45, 7) is 13.2. The van der Waals surface area contributed by atoms with Crippen LogP contribution in [-0.2, 0) is 25.2 Å². The Hall–Kier alpha value is -2.94. The molecule has 8 nitrogen and oxygen atoms in total. The largest absolute Gasteiger partial charge is 0.507 e. The number of oxime groups is 1. The zero-order chi connectivity index (χ0) is 24.3. The van der Waals surface area contributed by atoms with Crippen molar-refractivity contribution in [2.75, 3.05) is 12.4 Å². The van der Waals surface area contributed by atoms with Crippen LogP contribution in [0.1, 0.15) is 81.7 Å². The van der Waals surface area contributed by atoms with Crippen molar-refractivity contribution in [3.63, 3.8) is 0 Å². The zero-order valence-corrected chi connectivity index (χ0v) is 20.6. The van der Waals surface area contributed by atoms with Gasteiger partial charge in [0.2, 0.25) is 0 Å². The van der Waals surface area contributed by atoms with E-state index < -0.39 is 12.1 Å². The number of esters is 1. The molecule has 1 amide bonds. The number of hydrogen-bond donors (Lipinski definition) is 2. The van der Waals surface area contributed by atoms with Gasteiger partial charge in [-0.25, -0.2) is 4.98 Å². The Morgan fingerprint density at radius 1 is 1.16 bits per heavy atom. The second-order valence-electron chi connectivity index (χ2n) is 9.42. The van der Waals surface area contributed by atoms with Crippen molar-refractivity contribution in [3.05, 3.63) is 39.9 Å². The number of benzene rings is 1. The lowest BCUT2D eigenvalue weighted by atomic mass is 9.78. The summed E-state index contributed by atoms with van der Waals surface area (Å²) < 4.78 is 5.20. The van der Waals surface area contributed by atoms with Gasteiger partial charge in [0.05, 0.1) is 11.9 Å². The number of carbonyl (C=O) groups excluding carboxylic acids is 2. The lowest BCUT2D eigenvalue weighted by molar-refractivity contribution is -0.143. The summed E-state index contributed by atoms with van der Waals surface area (Å²) in [5, 5.41) is 19.3. The quantitative estimate of drug-likeness (QED) is 0.358. The van der Waals surface area contributed by atoms with Gasteiger partial charge in [0.15, 0.2) is 11.2 Å². The minimum Gasteiger partial charge on any atom is -0.507 e. The maximum atomic E-state index is 13.1. The van der Waals surface area contributed by atoms with Gasteiger partial charge in [0.25, 0.3) is 5.91 Å². The van der Waals surface area contributed by atoms with E-state index >= 15 is 0 Å². The molecule has 2 rings (SSSR count). The van der Waals surface area contributed by atoms with E-state index in [1.807, 2.05) is 41.5 Å². The third-order valence-corrected chi connectivity index (χ3v) is 5.39. The lowest BCUT2D eigenvalue weighted by Crippen LogP contribution is -2.20. The Kier molecular flexibility index (Phi) is 7.66. The molecule has 0 aliphatic heterocycles. The number of hydrogen-bond acceptors (Lipinski definition) is 8. The fourth-order valence-electron chi connectivity index (χ4n) is 3.01. The molecular formula is C23H31N3O5S. The first kappa shape index (κ1) is 25.3. The van der Waals surface area contributed by atoms with E-state index in [-0.39, 0.29) is 22.5 Å². The summed E-state index contributed by atoms with van der Waals surface area (Å²) in [6, 6.07) is 3.42. The summed E-state index contributed by atoms with van der Waals surface area (Å²) in [7, 11) is 1.38. The number of phenolic OH excluding ortho intramolecular Hbond substituents is 1.